The van der Waals surface area contributed by atoms with Crippen LogP contribution in [0.15, 0.2) is 12.1 Å². The lowest BCUT2D eigenvalue weighted by atomic mass is 10.1. The Morgan fingerprint density at radius 3 is 2.55 bits per heavy atom. The minimum Gasteiger partial charge on any atom is -0.398 e. The predicted octanol–water partition coefficient (Wildman–Crippen LogP) is 0.833. The van der Waals surface area contributed by atoms with Crippen molar-refractivity contribution < 1.29 is 14.0 Å². The average Bonchev–Trinajstić information content (AvgIpc) is 2.30. The molecule has 0 atom stereocenters. The lowest BCUT2D eigenvalue weighted by Crippen LogP contribution is -2.31. The summed E-state index contributed by atoms with van der Waals surface area (Å²) in [5.41, 5.74) is 10.7. The fourth-order valence-corrected chi connectivity index (χ4v) is 1.64. The highest BCUT2D eigenvalue weighted by Gasteiger charge is 2.12. The van der Waals surface area contributed by atoms with Gasteiger partial charge in [0, 0.05) is 24.7 Å². The molecule has 0 aromatic heterocycles. The van der Waals surface area contributed by atoms with E-state index in [-0.39, 0.29) is 41.9 Å². The lowest BCUT2D eigenvalue weighted by molar-refractivity contribution is -0.121. The molecule has 6 nitrogen and oxygen atoms in total. The van der Waals surface area contributed by atoms with E-state index in [1.165, 1.54) is 6.07 Å². The molecule has 1 aromatic carbocycles. The van der Waals surface area contributed by atoms with Crippen LogP contribution in [0.1, 0.15) is 30.6 Å². The molecule has 0 saturated carbocycles. The van der Waals surface area contributed by atoms with E-state index >= 15 is 0 Å². The molecule has 0 aliphatic heterocycles. The number of rotatable bonds is 6. The van der Waals surface area contributed by atoms with Crippen LogP contribution >= 0.6 is 0 Å². The van der Waals surface area contributed by atoms with Crippen LogP contribution in [0, 0.1) is 5.82 Å². The summed E-state index contributed by atoms with van der Waals surface area (Å²) in [6, 6.07) is 2.32. The summed E-state index contributed by atoms with van der Waals surface area (Å²) in [5.74, 6) is -1.47. The van der Waals surface area contributed by atoms with E-state index in [1.807, 2.05) is 13.8 Å². The van der Waals surface area contributed by atoms with Crippen LogP contribution in [0.5, 0.6) is 0 Å². The first-order valence-electron chi connectivity index (χ1n) is 6.23. The number of halogens is 1. The molecule has 2 amide bonds. The summed E-state index contributed by atoms with van der Waals surface area (Å²) in [4.78, 5) is 22.5. The first-order chi connectivity index (χ1) is 9.31. The Morgan fingerprint density at radius 2 is 2.00 bits per heavy atom. The molecular weight excluding hydrogens is 263 g/mol. The second kappa shape index (κ2) is 6.74. The van der Waals surface area contributed by atoms with E-state index in [4.69, 9.17) is 11.5 Å². The quantitative estimate of drug-likeness (QED) is 0.579. The summed E-state index contributed by atoms with van der Waals surface area (Å²) in [6.45, 7) is 3.94. The van der Waals surface area contributed by atoms with Crippen molar-refractivity contribution in [2.24, 2.45) is 5.73 Å². The number of benzene rings is 1. The number of amides is 2. The van der Waals surface area contributed by atoms with Gasteiger partial charge in [0.1, 0.15) is 5.82 Å². The molecule has 0 aliphatic carbocycles. The average molecular weight is 282 g/mol. The van der Waals surface area contributed by atoms with Gasteiger partial charge in [-0.1, -0.05) is 0 Å². The van der Waals surface area contributed by atoms with Gasteiger partial charge in [-0.3, -0.25) is 9.59 Å². The first kappa shape index (κ1) is 15.7. The fourth-order valence-electron chi connectivity index (χ4n) is 1.64. The number of carbonyl (C=O) groups excluding carboxylic acids is 2. The maximum absolute atomic E-state index is 13.6. The van der Waals surface area contributed by atoms with Gasteiger partial charge in [-0.2, -0.15) is 0 Å². The number of nitrogen functional groups attached to an aromatic ring is 1. The van der Waals surface area contributed by atoms with E-state index in [0.717, 1.165) is 6.07 Å². The number of nitrogens with one attached hydrogen (secondary N) is 2. The number of anilines is 2. The van der Waals surface area contributed by atoms with Crippen LogP contribution in [0.4, 0.5) is 15.8 Å². The highest BCUT2D eigenvalue weighted by atomic mass is 19.1. The molecule has 0 aliphatic rings. The standard InChI is InChI=1S/C13H19FN4O2/c1-7(2)18-12(19)3-4-17-11-5-8(13(16)20)10(15)6-9(11)14/h5-7,17H,3-4,15H2,1-2H3,(H2,16,20)(H,18,19). The van der Waals surface area contributed by atoms with Crippen LogP contribution in [-0.2, 0) is 4.79 Å². The Morgan fingerprint density at radius 1 is 1.35 bits per heavy atom. The van der Waals surface area contributed by atoms with Crippen LogP contribution in [0.3, 0.4) is 0 Å². The summed E-state index contributed by atoms with van der Waals surface area (Å²) in [7, 11) is 0. The van der Waals surface area contributed by atoms with Gasteiger partial charge >= 0.3 is 0 Å². The zero-order valence-electron chi connectivity index (χ0n) is 11.5. The Balaban J connectivity index is 2.66. The van der Waals surface area contributed by atoms with E-state index in [0.29, 0.717) is 0 Å². The number of hydrogen-bond donors (Lipinski definition) is 4. The van der Waals surface area contributed by atoms with Crippen molar-refractivity contribution in [3.8, 4) is 0 Å². The van der Waals surface area contributed by atoms with E-state index in [1.54, 1.807) is 0 Å². The Kier molecular flexibility index (Phi) is 5.31. The highest BCUT2D eigenvalue weighted by Crippen LogP contribution is 2.21. The second-order valence-corrected chi connectivity index (χ2v) is 4.68. The van der Waals surface area contributed by atoms with Crippen LogP contribution in [0.25, 0.3) is 0 Å². The second-order valence-electron chi connectivity index (χ2n) is 4.68. The van der Waals surface area contributed by atoms with Crippen molar-refractivity contribution in [2.75, 3.05) is 17.6 Å². The maximum atomic E-state index is 13.6. The molecule has 1 aromatic rings. The van der Waals surface area contributed by atoms with Gasteiger partial charge in [-0.25, -0.2) is 4.39 Å². The number of hydrogen-bond acceptors (Lipinski definition) is 4. The third-order valence-electron chi connectivity index (χ3n) is 2.52. The van der Waals surface area contributed by atoms with Crippen LogP contribution in [0.2, 0.25) is 0 Å². The van der Waals surface area contributed by atoms with Crippen molar-refractivity contribution in [3.63, 3.8) is 0 Å². The van der Waals surface area contributed by atoms with E-state index < -0.39 is 11.7 Å². The highest BCUT2D eigenvalue weighted by molar-refractivity contribution is 5.99. The first-order valence-corrected chi connectivity index (χ1v) is 6.23. The lowest BCUT2D eigenvalue weighted by Gasteiger charge is -2.11. The summed E-state index contributed by atoms with van der Waals surface area (Å²) in [5, 5.41) is 5.46. The Hall–Kier alpha value is -2.31. The van der Waals surface area contributed by atoms with Gasteiger partial charge in [0.05, 0.1) is 11.3 Å². The monoisotopic (exact) mass is 282 g/mol. The van der Waals surface area contributed by atoms with Gasteiger partial charge in [0.25, 0.3) is 5.91 Å². The minimum absolute atomic E-state index is 0.0156. The van der Waals surface area contributed by atoms with E-state index in [2.05, 4.69) is 10.6 Å². The molecule has 20 heavy (non-hydrogen) atoms. The zero-order valence-corrected chi connectivity index (χ0v) is 11.5. The molecule has 0 spiro atoms. The molecule has 0 radical (unpaired) electrons. The van der Waals surface area contributed by atoms with Crippen molar-refractivity contribution in [2.45, 2.75) is 26.3 Å². The topological polar surface area (TPSA) is 110 Å². The zero-order chi connectivity index (χ0) is 15.3. The molecule has 0 bridgehead atoms. The van der Waals surface area contributed by atoms with Crippen LogP contribution in [-0.4, -0.2) is 24.4 Å². The molecule has 0 unspecified atom stereocenters. The van der Waals surface area contributed by atoms with Crippen molar-refractivity contribution in [3.05, 3.63) is 23.5 Å². The Bertz CT molecular complexity index is 517. The largest absolute Gasteiger partial charge is 0.398 e. The van der Waals surface area contributed by atoms with Crippen molar-refractivity contribution in [1.82, 2.24) is 5.32 Å². The molecule has 6 N–H and O–H groups in total. The molecule has 7 heteroatoms. The molecule has 0 fully saturated rings. The molecular formula is C13H19FN4O2. The predicted molar refractivity (Wildman–Crippen MR) is 75.7 cm³/mol. The minimum atomic E-state index is -0.733. The van der Waals surface area contributed by atoms with Gasteiger partial charge in [-0.05, 0) is 26.0 Å². The molecule has 1 rings (SSSR count). The van der Waals surface area contributed by atoms with E-state index in [9.17, 15) is 14.0 Å². The maximum Gasteiger partial charge on any atom is 0.250 e. The van der Waals surface area contributed by atoms with Gasteiger partial charge < -0.3 is 22.1 Å². The molecule has 0 saturated heterocycles. The van der Waals surface area contributed by atoms with Gasteiger partial charge in [-0.15, -0.1) is 0 Å². The molecule has 0 heterocycles. The number of primary amides is 1. The van der Waals surface area contributed by atoms with Crippen molar-refractivity contribution >= 4 is 23.2 Å². The number of carbonyl (C=O) groups is 2. The smallest absolute Gasteiger partial charge is 0.250 e. The normalized spacial score (nSPS) is 10.4. The fraction of sp³-hybridized carbons (Fsp3) is 0.385. The number of nitrogens with two attached hydrogens (primary N) is 2. The third-order valence-corrected chi connectivity index (χ3v) is 2.52. The molecule has 110 valence electrons. The van der Waals surface area contributed by atoms with Crippen molar-refractivity contribution in [1.29, 1.82) is 0 Å². The Labute approximate surface area is 116 Å². The van der Waals surface area contributed by atoms with Gasteiger partial charge in [0.2, 0.25) is 5.91 Å². The van der Waals surface area contributed by atoms with Crippen LogP contribution < -0.4 is 22.1 Å². The SMILES string of the molecule is CC(C)NC(=O)CCNc1cc(C(N)=O)c(N)cc1F. The van der Waals surface area contributed by atoms with Gasteiger partial charge in [0.15, 0.2) is 0 Å². The summed E-state index contributed by atoms with van der Waals surface area (Å²) >= 11 is 0. The summed E-state index contributed by atoms with van der Waals surface area (Å²) in [6.07, 6.45) is 0.188. The summed E-state index contributed by atoms with van der Waals surface area (Å²) < 4.78 is 13.6. The third kappa shape index (κ3) is 4.42.